The van der Waals surface area contributed by atoms with Gasteiger partial charge < -0.3 is 15.2 Å². The Labute approximate surface area is 109 Å². The third-order valence-corrected chi connectivity index (χ3v) is 2.26. The van der Waals surface area contributed by atoms with E-state index in [4.69, 9.17) is 4.74 Å². The van der Waals surface area contributed by atoms with Crippen LogP contribution in [0.15, 0.2) is 6.07 Å². The summed E-state index contributed by atoms with van der Waals surface area (Å²) in [6.07, 6.45) is 0.392. The number of hydrogen-bond donors (Lipinski definition) is 2. The summed E-state index contributed by atoms with van der Waals surface area (Å²) in [5, 5.41) is 12.5. The number of anilines is 1. The molecule has 0 aromatic carbocycles. The summed E-state index contributed by atoms with van der Waals surface area (Å²) >= 11 is 0. The predicted molar refractivity (Wildman–Crippen MR) is 71.9 cm³/mol. The van der Waals surface area contributed by atoms with Gasteiger partial charge in [0.15, 0.2) is 0 Å². The molecule has 1 aromatic rings. The van der Waals surface area contributed by atoms with Crippen LogP contribution in [0.5, 0.6) is 5.88 Å². The Kier molecular flexibility index (Phi) is 5.34. The maximum absolute atomic E-state index is 9.32. The minimum Gasteiger partial charge on any atom is -0.475 e. The summed E-state index contributed by atoms with van der Waals surface area (Å²) in [6.45, 7) is 9.57. The van der Waals surface area contributed by atoms with Crippen molar-refractivity contribution in [3.05, 3.63) is 11.8 Å². The molecule has 0 aliphatic heterocycles. The second kappa shape index (κ2) is 6.54. The molecule has 0 aliphatic carbocycles. The minimum absolute atomic E-state index is 0.0852. The van der Waals surface area contributed by atoms with Crippen molar-refractivity contribution in [3.8, 4) is 5.88 Å². The van der Waals surface area contributed by atoms with Gasteiger partial charge in [-0.05, 0) is 41.0 Å². The molecule has 2 unspecified atom stereocenters. The number of ether oxygens (including phenoxy) is 1. The molecular weight excluding hydrogens is 230 g/mol. The van der Waals surface area contributed by atoms with Crippen molar-refractivity contribution in [2.75, 3.05) is 5.32 Å². The van der Waals surface area contributed by atoms with Crippen molar-refractivity contribution in [2.24, 2.45) is 0 Å². The van der Waals surface area contributed by atoms with Crippen molar-refractivity contribution < 1.29 is 9.84 Å². The molecule has 0 bridgehead atoms. The topological polar surface area (TPSA) is 67.3 Å². The molecule has 2 atom stereocenters. The van der Waals surface area contributed by atoms with E-state index < -0.39 is 0 Å². The number of aliphatic hydroxyl groups is 1. The van der Waals surface area contributed by atoms with Crippen LogP contribution in [0.3, 0.4) is 0 Å². The summed E-state index contributed by atoms with van der Waals surface area (Å²) in [5.41, 5.74) is 0.854. The van der Waals surface area contributed by atoms with Gasteiger partial charge in [0.2, 0.25) is 11.8 Å². The third kappa shape index (κ3) is 5.31. The van der Waals surface area contributed by atoms with Gasteiger partial charge in [0.1, 0.15) is 0 Å². The lowest BCUT2D eigenvalue weighted by atomic mass is 10.2. The summed E-state index contributed by atoms with van der Waals surface area (Å²) in [7, 11) is 0. The first kappa shape index (κ1) is 14.7. The lowest BCUT2D eigenvalue weighted by Crippen LogP contribution is -2.22. The van der Waals surface area contributed by atoms with Gasteiger partial charge in [0.25, 0.3) is 0 Å². The van der Waals surface area contributed by atoms with Crippen LogP contribution < -0.4 is 10.1 Å². The molecule has 18 heavy (non-hydrogen) atoms. The maximum atomic E-state index is 9.32. The second-order valence-electron chi connectivity index (χ2n) is 4.97. The number of nitrogens with zero attached hydrogens (tertiary/aromatic N) is 2. The Morgan fingerprint density at radius 1 is 1.28 bits per heavy atom. The van der Waals surface area contributed by atoms with Crippen molar-refractivity contribution in [2.45, 2.75) is 59.3 Å². The molecule has 102 valence electrons. The van der Waals surface area contributed by atoms with Crippen LogP contribution in [0.25, 0.3) is 0 Å². The van der Waals surface area contributed by atoms with E-state index in [9.17, 15) is 5.11 Å². The van der Waals surface area contributed by atoms with Gasteiger partial charge in [-0.15, -0.1) is 0 Å². The molecule has 0 saturated carbocycles. The highest BCUT2D eigenvalue weighted by molar-refractivity contribution is 5.31. The van der Waals surface area contributed by atoms with Crippen molar-refractivity contribution in [3.63, 3.8) is 0 Å². The molecule has 5 heteroatoms. The quantitative estimate of drug-likeness (QED) is 0.813. The van der Waals surface area contributed by atoms with Gasteiger partial charge in [0.05, 0.1) is 12.2 Å². The van der Waals surface area contributed by atoms with E-state index in [-0.39, 0.29) is 18.2 Å². The van der Waals surface area contributed by atoms with E-state index in [1.165, 1.54) is 0 Å². The van der Waals surface area contributed by atoms with E-state index in [0.29, 0.717) is 18.2 Å². The van der Waals surface area contributed by atoms with Crippen LogP contribution in [-0.2, 0) is 0 Å². The molecular formula is C13H23N3O2. The zero-order chi connectivity index (χ0) is 13.7. The Balaban J connectivity index is 2.73. The highest BCUT2D eigenvalue weighted by atomic mass is 16.5. The number of aromatic nitrogens is 2. The predicted octanol–water partition coefficient (Wildman–Crippen LogP) is 2.14. The lowest BCUT2D eigenvalue weighted by Gasteiger charge is -2.16. The fraction of sp³-hybridized carbons (Fsp3) is 0.692. The first-order chi connectivity index (χ1) is 8.36. The molecule has 0 radical (unpaired) electrons. The molecule has 0 fully saturated rings. The zero-order valence-electron chi connectivity index (χ0n) is 11.8. The normalized spacial score (nSPS) is 14.4. The van der Waals surface area contributed by atoms with Gasteiger partial charge >= 0.3 is 0 Å². The van der Waals surface area contributed by atoms with E-state index in [1.54, 1.807) is 6.92 Å². The lowest BCUT2D eigenvalue weighted by molar-refractivity contribution is 0.179. The molecule has 0 amide bonds. The van der Waals surface area contributed by atoms with Crippen LogP contribution in [0, 0.1) is 6.92 Å². The average Bonchev–Trinajstić information content (AvgIpc) is 2.12. The standard InChI is InChI=1S/C13H23N3O2/c1-8(2)18-12-7-10(4)15-13(16-12)14-9(3)6-11(5)17/h7-9,11,17H,6H2,1-5H3,(H,14,15,16). The highest BCUT2D eigenvalue weighted by Crippen LogP contribution is 2.14. The van der Waals surface area contributed by atoms with E-state index in [2.05, 4.69) is 15.3 Å². The monoisotopic (exact) mass is 253 g/mol. The van der Waals surface area contributed by atoms with Crippen LogP contribution in [0.1, 0.15) is 39.8 Å². The van der Waals surface area contributed by atoms with E-state index >= 15 is 0 Å². The maximum Gasteiger partial charge on any atom is 0.226 e. The summed E-state index contributed by atoms with van der Waals surface area (Å²) in [5.74, 6) is 1.11. The van der Waals surface area contributed by atoms with Gasteiger partial charge in [-0.2, -0.15) is 4.98 Å². The van der Waals surface area contributed by atoms with Crippen molar-refractivity contribution in [1.82, 2.24) is 9.97 Å². The molecule has 1 heterocycles. The molecule has 0 aliphatic rings. The van der Waals surface area contributed by atoms with Crippen molar-refractivity contribution in [1.29, 1.82) is 0 Å². The van der Waals surface area contributed by atoms with Gasteiger partial charge in [-0.3, -0.25) is 0 Å². The zero-order valence-corrected chi connectivity index (χ0v) is 11.8. The smallest absolute Gasteiger partial charge is 0.226 e. The first-order valence-corrected chi connectivity index (χ1v) is 6.33. The Morgan fingerprint density at radius 3 is 2.50 bits per heavy atom. The third-order valence-electron chi connectivity index (χ3n) is 2.26. The van der Waals surface area contributed by atoms with Crippen LogP contribution in [-0.4, -0.2) is 33.3 Å². The number of hydrogen-bond acceptors (Lipinski definition) is 5. The molecule has 0 spiro atoms. The van der Waals surface area contributed by atoms with Gasteiger partial charge in [0, 0.05) is 17.8 Å². The number of nitrogens with one attached hydrogen (secondary N) is 1. The summed E-state index contributed by atoms with van der Waals surface area (Å²) in [4.78, 5) is 8.60. The highest BCUT2D eigenvalue weighted by Gasteiger charge is 2.10. The molecule has 0 saturated heterocycles. The summed E-state index contributed by atoms with van der Waals surface area (Å²) < 4.78 is 5.56. The molecule has 5 nitrogen and oxygen atoms in total. The number of aliphatic hydroxyl groups excluding tert-OH is 1. The number of aryl methyl sites for hydroxylation is 1. The first-order valence-electron chi connectivity index (χ1n) is 6.33. The fourth-order valence-electron chi connectivity index (χ4n) is 1.70. The number of rotatable bonds is 6. The van der Waals surface area contributed by atoms with Gasteiger partial charge in [-0.1, -0.05) is 0 Å². The van der Waals surface area contributed by atoms with Crippen molar-refractivity contribution >= 4 is 5.95 Å². The largest absolute Gasteiger partial charge is 0.475 e. The molecule has 1 rings (SSSR count). The fourth-order valence-corrected chi connectivity index (χ4v) is 1.70. The van der Waals surface area contributed by atoms with E-state index in [0.717, 1.165) is 5.69 Å². The molecule has 1 aromatic heterocycles. The Morgan fingerprint density at radius 2 is 1.94 bits per heavy atom. The molecule has 2 N–H and O–H groups in total. The summed E-state index contributed by atoms with van der Waals surface area (Å²) in [6, 6.07) is 1.92. The SMILES string of the molecule is Cc1cc(OC(C)C)nc(NC(C)CC(C)O)n1. The van der Waals surface area contributed by atoms with Crippen LogP contribution in [0.2, 0.25) is 0 Å². The van der Waals surface area contributed by atoms with Gasteiger partial charge in [-0.25, -0.2) is 4.98 Å². The van der Waals surface area contributed by atoms with Crippen LogP contribution in [0.4, 0.5) is 5.95 Å². The second-order valence-corrected chi connectivity index (χ2v) is 4.97. The Hall–Kier alpha value is -1.36. The Bertz CT molecular complexity index is 380. The van der Waals surface area contributed by atoms with E-state index in [1.807, 2.05) is 33.8 Å². The van der Waals surface area contributed by atoms with Crippen LogP contribution >= 0.6 is 0 Å². The minimum atomic E-state index is -0.344. The average molecular weight is 253 g/mol.